The molecule has 1 aromatic heterocycles. The van der Waals surface area contributed by atoms with Gasteiger partial charge in [-0.2, -0.15) is 4.98 Å². The average molecular weight is 420 g/mol. The van der Waals surface area contributed by atoms with Crippen molar-refractivity contribution in [2.45, 2.75) is 17.6 Å². The second-order valence-electron chi connectivity index (χ2n) is 5.66. The van der Waals surface area contributed by atoms with Gasteiger partial charge in [-0.3, -0.25) is 4.79 Å². The van der Waals surface area contributed by atoms with Crippen LogP contribution in [-0.4, -0.2) is 30.3 Å². The second kappa shape index (κ2) is 8.99. The molecule has 28 heavy (non-hydrogen) atoms. The van der Waals surface area contributed by atoms with Crippen molar-refractivity contribution >= 4 is 35.0 Å². The maximum atomic E-state index is 12.9. The molecular formula is C19H18ClN3O4S. The number of rotatable bonds is 7. The molecule has 0 saturated carbocycles. The van der Waals surface area contributed by atoms with Crippen LogP contribution in [0.3, 0.4) is 0 Å². The molecule has 1 heterocycles. The van der Waals surface area contributed by atoms with Crippen LogP contribution in [0.5, 0.6) is 11.5 Å². The van der Waals surface area contributed by atoms with Gasteiger partial charge in [0.25, 0.3) is 5.91 Å². The van der Waals surface area contributed by atoms with Crippen molar-refractivity contribution < 1.29 is 18.8 Å². The predicted molar refractivity (Wildman–Crippen MR) is 108 cm³/mol. The number of carbonyl (C=O) groups is 1. The third-order valence-electron chi connectivity index (χ3n) is 3.77. The highest BCUT2D eigenvalue weighted by atomic mass is 35.5. The van der Waals surface area contributed by atoms with Gasteiger partial charge >= 0.3 is 0 Å². The lowest BCUT2D eigenvalue weighted by Gasteiger charge is -2.14. The van der Waals surface area contributed by atoms with Gasteiger partial charge in [-0.25, -0.2) is 0 Å². The summed E-state index contributed by atoms with van der Waals surface area (Å²) >= 11 is 7.56. The Labute approximate surface area is 171 Å². The summed E-state index contributed by atoms with van der Waals surface area (Å²) in [6.45, 7) is 1.76. The van der Waals surface area contributed by atoms with Gasteiger partial charge in [0.2, 0.25) is 5.89 Å². The first-order valence-electron chi connectivity index (χ1n) is 8.25. The lowest BCUT2D eigenvalue weighted by molar-refractivity contribution is 0.102. The molecule has 9 heteroatoms. The summed E-state index contributed by atoms with van der Waals surface area (Å²) in [6.07, 6.45) is 0. The van der Waals surface area contributed by atoms with E-state index >= 15 is 0 Å². The predicted octanol–water partition coefficient (Wildman–Crippen LogP) is 4.59. The van der Waals surface area contributed by atoms with E-state index in [1.54, 1.807) is 31.2 Å². The molecule has 0 bridgehead atoms. The molecule has 2 aromatic carbocycles. The number of anilines is 1. The topological polar surface area (TPSA) is 86.5 Å². The molecule has 0 atom stereocenters. The van der Waals surface area contributed by atoms with Crippen LogP contribution in [0.25, 0.3) is 0 Å². The monoisotopic (exact) mass is 419 g/mol. The number of halogens is 1. The van der Waals surface area contributed by atoms with E-state index < -0.39 is 0 Å². The first kappa shape index (κ1) is 20.0. The van der Waals surface area contributed by atoms with Gasteiger partial charge in [0.1, 0.15) is 11.5 Å². The van der Waals surface area contributed by atoms with Gasteiger partial charge < -0.3 is 19.3 Å². The number of ether oxygens (including phenoxy) is 2. The molecule has 3 rings (SSSR count). The Kier molecular flexibility index (Phi) is 6.43. The van der Waals surface area contributed by atoms with Crippen LogP contribution in [0.15, 0.2) is 45.8 Å². The number of nitrogens with zero attached hydrogens (tertiary/aromatic N) is 2. The van der Waals surface area contributed by atoms with Crippen LogP contribution in [0, 0.1) is 6.92 Å². The van der Waals surface area contributed by atoms with E-state index in [0.717, 1.165) is 4.90 Å². The Morgan fingerprint density at radius 2 is 1.96 bits per heavy atom. The summed E-state index contributed by atoms with van der Waals surface area (Å²) in [5, 5.41) is 7.02. The quantitative estimate of drug-likeness (QED) is 0.560. The summed E-state index contributed by atoms with van der Waals surface area (Å²) in [5.74, 6) is 2.13. The number of amides is 1. The van der Waals surface area contributed by atoms with E-state index in [-0.39, 0.29) is 5.91 Å². The third kappa shape index (κ3) is 4.58. The largest absolute Gasteiger partial charge is 0.495 e. The van der Waals surface area contributed by atoms with Crippen molar-refractivity contribution in [3.05, 3.63) is 58.7 Å². The summed E-state index contributed by atoms with van der Waals surface area (Å²) in [7, 11) is 3.01. The van der Waals surface area contributed by atoms with E-state index in [4.69, 9.17) is 25.6 Å². The summed E-state index contributed by atoms with van der Waals surface area (Å²) in [6, 6.07) is 10.5. The standard InChI is InChI=1S/C19H18ClN3O4S/c1-11-21-18(27-23-11)10-28-17-7-5-4-6-12(17)19(24)22-14-9-15(25-2)13(20)8-16(14)26-3/h4-9H,10H2,1-3H3,(H,22,24). The molecule has 0 aliphatic carbocycles. The number of aryl methyl sites for hydroxylation is 1. The Morgan fingerprint density at radius 1 is 1.21 bits per heavy atom. The van der Waals surface area contributed by atoms with Crippen molar-refractivity contribution in [1.29, 1.82) is 0 Å². The fraction of sp³-hybridized carbons (Fsp3) is 0.211. The zero-order valence-electron chi connectivity index (χ0n) is 15.5. The van der Waals surface area contributed by atoms with Crippen LogP contribution in [0.2, 0.25) is 5.02 Å². The van der Waals surface area contributed by atoms with Gasteiger partial charge in [-0.15, -0.1) is 11.8 Å². The molecule has 0 unspecified atom stereocenters. The number of nitrogens with one attached hydrogen (secondary N) is 1. The van der Waals surface area contributed by atoms with Crippen LogP contribution in [0.4, 0.5) is 5.69 Å². The molecule has 0 radical (unpaired) electrons. The number of hydrogen-bond donors (Lipinski definition) is 1. The molecule has 0 spiro atoms. The fourth-order valence-electron chi connectivity index (χ4n) is 2.47. The molecule has 7 nitrogen and oxygen atoms in total. The van der Waals surface area contributed by atoms with Gasteiger partial charge in [-0.05, 0) is 19.1 Å². The highest BCUT2D eigenvalue weighted by Gasteiger charge is 2.17. The van der Waals surface area contributed by atoms with Gasteiger partial charge in [0, 0.05) is 17.0 Å². The maximum absolute atomic E-state index is 12.9. The van der Waals surface area contributed by atoms with Crippen molar-refractivity contribution in [2.24, 2.45) is 0 Å². The molecule has 1 N–H and O–H groups in total. The van der Waals surface area contributed by atoms with Crippen LogP contribution >= 0.6 is 23.4 Å². The van der Waals surface area contributed by atoms with E-state index in [2.05, 4.69) is 15.5 Å². The van der Waals surface area contributed by atoms with Gasteiger partial charge in [-0.1, -0.05) is 28.9 Å². The number of aromatic nitrogens is 2. The van der Waals surface area contributed by atoms with Crippen molar-refractivity contribution in [3.63, 3.8) is 0 Å². The molecule has 0 saturated heterocycles. The van der Waals surface area contributed by atoms with E-state index in [1.807, 2.05) is 12.1 Å². The minimum Gasteiger partial charge on any atom is -0.495 e. The minimum atomic E-state index is -0.285. The molecule has 0 aliphatic heterocycles. The first-order valence-corrected chi connectivity index (χ1v) is 9.62. The van der Waals surface area contributed by atoms with E-state index in [1.165, 1.54) is 26.0 Å². The summed E-state index contributed by atoms with van der Waals surface area (Å²) in [4.78, 5) is 17.9. The lowest BCUT2D eigenvalue weighted by Crippen LogP contribution is -2.14. The molecule has 0 fully saturated rings. The lowest BCUT2D eigenvalue weighted by atomic mass is 10.2. The van der Waals surface area contributed by atoms with Gasteiger partial charge in [0.05, 0.1) is 36.2 Å². The zero-order valence-corrected chi connectivity index (χ0v) is 17.1. The van der Waals surface area contributed by atoms with Crippen LogP contribution in [-0.2, 0) is 5.75 Å². The molecular weight excluding hydrogens is 402 g/mol. The van der Waals surface area contributed by atoms with Crippen LogP contribution in [0.1, 0.15) is 22.1 Å². The Bertz CT molecular complexity index is 993. The number of benzene rings is 2. The first-order chi connectivity index (χ1) is 13.5. The van der Waals surface area contributed by atoms with Crippen molar-refractivity contribution in [1.82, 2.24) is 10.1 Å². The number of hydrogen-bond acceptors (Lipinski definition) is 7. The zero-order chi connectivity index (χ0) is 20.1. The average Bonchev–Trinajstić information content (AvgIpc) is 3.12. The SMILES string of the molecule is COc1cc(NC(=O)c2ccccc2SCc2nc(C)no2)c(OC)cc1Cl. The van der Waals surface area contributed by atoms with Crippen molar-refractivity contribution in [3.8, 4) is 11.5 Å². The highest BCUT2D eigenvalue weighted by molar-refractivity contribution is 7.98. The third-order valence-corrected chi connectivity index (χ3v) is 5.13. The Balaban J connectivity index is 1.81. The maximum Gasteiger partial charge on any atom is 0.256 e. The van der Waals surface area contributed by atoms with Gasteiger partial charge in [0.15, 0.2) is 5.82 Å². The minimum absolute atomic E-state index is 0.285. The molecule has 0 aliphatic rings. The Morgan fingerprint density at radius 3 is 2.64 bits per heavy atom. The number of thioether (sulfide) groups is 1. The summed E-state index contributed by atoms with van der Waals surface area (Å²) < 4.78 is 15.7. The smallest absolute Gasteiger partial charge is 0.256 e. The normalized spacial score (nSPS) is 10.6. The second-order valence-corrected chi connectivity index (χ2v) is 7.09. The fourth-order valence-corrected chi connectivity index (χ4v) is 3.58. The Hall–Kier alpha value is -2.71. The highest BCUT2D eigenvalue weighted by Crippen LogP contribution is 2.36. The molecule has 3 aromatic rings. The van der Waals surface area contributed by atoms with Crippen molar-refractivity contribution in [2.75, 3.05) is 19.5 Å². The molecule has 146 valence electrons. The van der Waals surface area contributed by atoms with E-state index in [0.29, 0.717) is 45.2 Å². The van der Waals surface area contributed by atoms with E-state index in [9.17, 15) is 4.79 Å². The number of carbonyl (C=O) groups excluding carboxylic acids is 1. The number of methoxy groups -OCH3 is 2. The van der Waals surface area contributed by atoms with Crippen LogP contribution < -0.4 is 14.8 Å². The molecule has 1 amide bonds. The summed E-state index contributed by atoms with van der Waals surface area (Å²) in [5.41, 5.74) is 0.973.